The quantitative estimate of drug-likeness (QED) is 0.780. The molecule has 0 bridgehead atoms. The average molecular weight is 332 g/mol. The summed E-state index contributed by atoms with van der Waals surface area (Å²) >= 11 is 0. The number of nitrogens with zero attached hydrogens (tertiary/aromatic N) is 4. The van der Waals surface area contributed by atoms with E-state index in [4.69, 9.17) is 0 Å². The Labute approximate surface area is 140 Å². The third-order valence-corrected chi connectivity index (χ3v) is 4.40. The molecule has 2 heterocycles. The first-order chi connectivity index (χ1) is 11.6. The summed E-state index contributed by atoms with van der Waals surface area (Å²) in [7, 11) is 1.78. The Balaban J connectivity index is 1.53. The van der Waals surface area contributed by atoms with Crippen molar-refractivity contribution >= 4 is 11.8 Å². The van der Waals surface area contributed by atoms with Gasteiger partial charge in [0.2, 0.25) is 0 Å². The number of urea groups is 1. The largest absolute Gasteiger partial charge is 0.386 e. The van der Waals surface area contributed by atoms with Gasteiger partial charge < -0.3 is 10.4 Å². The monoisotopic (exact) mass is 332 g/mol. The highest BCUT2D eigenvalue weighted by atomic mass is 16.3. The van der Waals surface area contributed by atoms with E-state index in [-0.39, 0.29) is 12.6 Å². The molecular formula is C16H24N6O2. The van der Waals surface area contributed by atoms with Gasteiger partial charge in [0.15, 0.2) is 0 Å². The van der Waals surface area contributed by atoms with Crippen molar-refractivity contribution in [3.8, 4) is 0 Å². The molecule has 0 radical (unpaired) electrons. The Hall–Kier alpha value is -2.35. The van der Waals surface area contributed by atoms with E-state index in [0.29, 0.717) is 17.4 Å². The third kappa shape index (κ3) is 3.94. The van der Waals surface area contributed by atoms with Gasteiger partial charge in [-0.3, -0.25) is 10.00 Å². The molecule has 8 nitrogen and oxygen atoms in total. The van der Waals surface area contributed by atoms with Crippen molar-refractivity contribution in [2.24, 2.45) is 7.05 Å². The number of rotatable bonds is 5. The lowest BCUT2D eigenvalue weighted by molar-refractivity contribution is 0.175. The Bertz CT molecular complexity index is 674. The first-order valence-electron chi connectivity index (χ1n) is 8.38. The van der Waals surface area contributed by atoms with Crippen LogP contribution >= 0.6 is 0 Å². The standard InChI is InChI=1S/C16H24N6O2/c1-21-11-12(9-19-21)14(23)10-17-16(24)20-15-7-8-18-22(15)13-5-3-2-4-6-13/h7-9,11,13-14,23H,2-6,10H2,1H3,(H2,17,20,24). The maximum atomic E-state index is 12.1. The molecule has 0 spiro atoms. The number of hydrogen-bond donors (Lipinski definition) is 3. The van der Waals surface area contributed by atoms with Crippen molar-refractivity contribution in [1.82, 2.24) is 24.9 Å². The van der Waals surface area contributed by atoms with Gasteiger partial charge in [-0.05, 0) is 12.8 Å². The second kappa shape index (κ2) is 7.48. The topological polar surface area (TPSA) is 97.0 Å². The fourth-order valence-corrected chi connectivity index (χ4v) is 3.11. The van der Waals surface area contributed by atoms with Crippen LogP contribution in [0.1, 0.15) is 49.8 Å². The van der Waals surface area contributed by atoms with E-state index in [1.807, 2.05) is 4.68 Å². The van der Waals surface area contributed by atoms with Crippen molar-refractivity contribution in [3.63, 3.8) is 0 Å². The summed E-state index contributed by atoms with van der Waals surface area (Å²) in [6.45, 7) is 0.120. The minimum absolute atomic E-state index is 0.120. The molecular weight excluding hydrogens is 308 g/mol. The minimum Gasteiger partial charge on any atom is -0.386 e. The summed E-state index contributed by atoms with van der Waals surface area (Å²) in [4.78, 5) is 12.1. The highest BCUT2D eigenvalue weighted by Crippen LogP contribution is 2.29. The van der Waals surface area contributed by atoms with E-state index < -0.39 is 6.10 Å². The average Bonchev–Trinajstić information content (AvgIpc) is 3.22. The van der Waals surface area contributed by atoms with Crippen LogP contribution in [-0.2, 0) is 7.05 Å². The van der Waals surface area contributed by atoms with Crippen LogP contribution in [0.15, 0.2) is 24.7 Å². The van der Waals surface area contributed by atoms with Gasteiger partial charge in [-0.25, -0.2) is 9.48 Å². The van der Waals surface area contributed by atoms with Crippen LogP contribution in [-0.4, -0.2) is 37.2 Å². The van der Waals surface area contributed by atoms with Gasteiger partial charge in [-0.15, -0.1) is 0 Å². The van der Waals surface area contributed by atoms with Crippen LogP contribution in [0.25, 0.3) is 0 Å². The third-order valence-electron chi connectivity index (χ3n) is 4.40. The molecule has 0 aliphatic heterocycles. The Morgan fingerprint density at radius 2 is 2.17 bits per heavy atom. The zero-order chi connectivity index (χ0) is 16.9. The normalized spacial score (nSPS) is 16.8. The van der Waals surface area contributed by atoms with Gasteiger partial charge in [0, 0.05) is 31.4 Å². The lowest BCUT2D eigenvalue weighted by atomic mass is 9.96. The van der Waals surface area contributed by atoms with Crippen molar-refractivity contribution < 1.29 is 9.90 Å². The first kappa shape index (κ1) is 16.5. The van der Waals surface area contributed by atoms with E-state index in [9.17, 15) is 9.90 Å². The molecule has 1 aliphatic carbocycles. The Morgan fingerprint density at radius 3 is 2.88 bits per heavy atom. The number of carbonyl (C=O) groups excluding carboxylic acids is 1. The molecule has 24 heavy (non-hydrogen) atoms. The number of carbonyl (C=O) groups is 1. The number of aliphatic hydroxyl groups excluding tert-OH is 1. The molecule has 1 atom stereocenters. The molecule has 0 saturated heterocycles. The number of hydrogen-bond acceptors (Lipinski definition) is 4. The van der Waals surface area contributed by atoms with Gasteiger partial charge in [0.1, 0.15) is 5.82 Å². The van der Waals surface area contributed by atoms with Crippen molar-refractivity contribution in [1.29, 1.82) is 0 Å². The van der Waals surface area contributed by atoms with Gasteiger partial charge in [0.25, 0.3) is 0 Å². The van der Waals surface area contributed by atoms with Crippen LogP contribution in [0.3, 0.4) is 0 Å². The van der Waals surface area contributed by atoms with Gasteiger partial charge in [0.05, 0.1) is 24.5 Å². The van der Waals surface area contributed by atoms with E-state index in [1.54, 1.807) is 36.4 Å². The minimum atomic E-state index is -0.785. The van der Waals surface area contributed by atoms with Crippen LogP contribution in [0, 0.1) is 0 Å². The SMILES string of the molecule is Cn1cc(C(O)CNC(=O)Nc2ccnn2C2CCCCC2)cn1. The number of nitrogens with one attached hydrogen (secondary N) is 2. The van der Waals surface area contributed by atoms with Gasteiger partial charge in [-0.1, -0.05) is 19.3 Å². The molecule has 1 saturated carbocycles. The maximum Gasteiger partial charge on any atom is 0.320 e. The number of aromatic nitrogens is 4. The van der Waals surface area contributed by atoms with Crippen molar-refractivity contribution in [2.75, 3.05) is 11.9 Å². The number of anilines is 1. The number of aryl methyl sites for hydroxylation is 1. The summed E-state index contributed by atoms with van der Waals surface area (Å²) in [5, 5.41) is 23.9. The van der Waals surface area contributed by atoms with Gasteiger partial charge >= 0.3 is 6.03 Å². The van der Waals surface area contributed by atoms with Gasteiger partial charge in [-0.2, -0.15) is 10.2 Å². The predicted molar refractivity (Wildman–Crippen MR) is 89.5 cm³/mol. The molecule has 2 amide bonds. The van der Waals surface area contributed by atoms with Crippen LogP contribution < -0.4 is 10.6 Å². The summed E-state index contributed by atoms with van der Waals surface area (Å²) < 4.78 is 3.51. The highest BCUT2D eigenvalue weighted by molar-refractivity contribution is 5.88. The van der Waals surface area contributed by atoms with Crippen LogP contribution in [0.4, 0.5) is 10.6 Å². The molecule has 1 aliphatic rings. The molecule has 130 valence electrons. The molecule has 3 rings (SSSR count). The lowest BCUT2D eigenvalue weighted by Gasteiger charge is -2.24. The zero-order valence-corrected chi connectivity index (χ0v) is 13.9. The molecule has 0 aromatic carbocycles. The van der Waals surface area contributed by atoms with E-state index in [2.05, 4.69) is 20.8 Å². The van der Waals surface area contributed by atoms with Crippen molar-refractivity contribution in [2.45, 2.75) is 44.2 Å². The van der Waals surface area contributed by atoms with Crippen LogP contribution in [0.2, 0.25) is 0 Å². The number of aliphatic hydroxyl groups is 1. The van der Waals surface area contributed by atoms with E-state index in [1.165, 1.54) is 19.3 Å². The van der Waals surface area contributed by atoms with E-state index in [0.717, 1.165) is 12.8 Å². The molecule has 1 unspecified atom stereocenters. The Kier molecular flexibility index (Phi) is 5.14. The summed E-state index contributed by atoms with van der Waals surface area (Å²) in [6.07, 6.45) is 10.1. The smallest absolute Gasteiger partial charge is 0.320 e. The fourth-order valence-electron chi connectivity index (χ4n) is 3.11. The summed E-state index contributed by atoms with van der Waals surface area (Å²) in [5.74, 6) is 0.690. The molecule has 8 heteroatoms. The highest BCUT2D eigenvalue weighted by Gasteiger charge is 2.19. The predicted octanol–water partition coefficient (Wildman–Crippen LogP) is 1.98. The second-order valence-corrected chi connectivity index (χ2v) is 6.25. The first-order valence-corrected chi connectivity index (χ1v) is 8.38. The summed E-state index contributed by atoms with van der Waals surface area (Å²) in [6, 6.07) is 1.80. The molecule has 3 N–H and O–H groups in total. The van der Waals surface area contributed by atoms with Crippen molar-refractivity contribution in [3.05, 3.63) is 30.2 Å². The second-order valence-electron chi connectivity index (χ2n) is 6.25. The zero-order valence-electron chi connectivity index (χ0n) is 13.9. The van der Waals surface area contributed by atoms with Crippen LogP contribution in [0.5, 0.6) is 0 Å². The molecule has 2 aromatic heterocycles. The fraction of sp³-hybridized carbons (Fsp3) is 0.562. The summed E-state index contributed by atoms with van der Waals surface area (Å²) in [5.41, 5.74) is 0.671. The van der Waals surface area contributed by atoms with E-state index >= 15 is 0 Å². The Morgan fingerprint density at radius 1 is 1.38 bits per heavy atom. The number of amides is 2. The lowest BCUT2D eigenvalue weighted by Crippen LogP contribution is -2.33. The molecule has 1 fully saturated rings. The maximum absolute atomic E-state index is 12.1. The molecule has 2 aromatic rings.